The van der Waals surface area contributed by atoms with E-state index >= 15 is 0 Å². The van der Waals surface area contributed by atoms with Gasteiger partial charge >= 0.3 is 0 Å². The molecule has 0 saturated heterocycles. The van der Waals surface area contributed by atoms with Crippen LogP contribution in [-0.2, 0) is 9.84 Å². The second-order valence-corrected chi connectivity index (χ2v) is 6.75. The maximum atomic E-state index is 11.6. The number of hydrogen-bond acceptors (Lipinski definition) is 4. The predicted molar refractivity (Wildman–Crippen MR) is 55.7 cm³/mol. The third-order valence-electron chi connectivity index (χ3n) is 3.34. The van der Waals surface area contributed by atoms with Crippen molar-refractivity contribution in [2.24, 2.45) is 11.1 Å². The van der Waals surface area contributed by atoms with Crippen molar-refractivity contribution >= 4 is 9.84 Å². The number of aliphatic hydroxyl groups excluding tert-OH is 1. The van der Waals surface area contributed by atoms with Crippen LogP contribution in [0.25, 0.3) is 0 Å². The number of rotatable bonds is 4. The molecule has 5 heteroatoms. The first-order valence-corrected chi connectivity index (χ1v) is 6.74. The largest absolute Gasteiger partial charge is 0.396 e. The van der Waals surface area contributed by atoms with Crippen LogP contribution < -0.4 is 5.73 Å². The highest BCUT2D eigenvalue weighted by molar-refractivity contribution is 7.92. The molecule has 0 unspecified atom stereocenters. The summed E-state index contributed by atoms with van der Waals surface area (Å²) in [4.78, 5) is 0. The molecule has 1 aliphatic carbocycles. The predicted octanol–water partition coefficient (Wildman–Crippen LogP) is -0.0890. The van der Waals surface area contributed by atoms with Crippen LogP contribution in [-0.4, -0.2) is 37.7 Å². The van der Waals surface area contributed by atoms with E-state index in [4.69, 9.17) is 5.73 Å². The van der Waals surface area contributed by atoms with E-state index < -0.39 is 9.84 Å². The fraction of sp³-hybridized carbons (Fsp3) is 1.00. The summed E-state index contributed by atoms with van der Waals surface area (Å²) in [5.74, 6) is 0.184. The van der Waals surface area contributed by atoms with Crippen LogP contribution in [0.5, 0.6) is 0 Å². The minimum absolute atomic E-state index is 0.000760. The average Bonchev–Trinajstić information content (AvgIpc) is 2.63. The Balaban J connectivity index is 2.74. The van der Waals surface area contributed by atoms with Crippen molar-refractivity contribution in [1.29, 1.82) is 0 Å². The first-order valence-electron chi connectivity index (χ1n) is 5.02. The van der Waals surface area contributed by atoms with Crippen LogP contribution in [0.1, 0.15) is 26.2 Å². The maximum Gasteiger partial charge on any atom is 0.152 e. The molecule has 1 saturated carbocycles. The molecule has 14 heavy (non-hydrogen) atoms. The van der Waals surface area contributed by atoms with Crippen molar-refractivity contribution in [2.45, 2.75) is 31.4 Å². The van der Waals surface area contributed by atoms with Gasteiger partial charge in [-0.05, 0) is 19.3 Å². The summed E-state index contributed by atoms with van der Waals surface area (Å²) in [6.45, 7) is 2.04. The van der Waals surface area contributed by atoms with E-state index in [1.165, 1.54) is 0 Å². The Morgan fingerprint density at radius 3 is 2.57 bits per heavy atom. The van der Waals surface area contributed by atoms with Crippen LogP contribution in [0.4, 0.5) is 0 Å². The van der Waals surface area contributed by atoms with Crippen molar-refractivity contribution in [2.75, 3.05) is 18.9 Å². The molecule has 84 valence electrons. The van der Waals surface area contributed by atoms with E-state index in [0.29, 0.717) is 19.4 Å². The van der Waals surface area contributed by atoms with Gasteiger partial charge < -0.3 is 10.8 Å². The van der Waals surface area contributed by atoms with E-state index in [1.807, 2.05) is 0 Å². The summed E-state index contributed by atoms with van der Waals surface area (Å²) >= 11 is 0. The zero-order valence-corrected chi connectivity index (χ0v) is 9.39. The lowest BCUT2D eigenvalue weighted by molar-refractivity contribution is 0.138. The Bertz CT molecular complexity index is 282. The lowest BCUT2D eigenvalue weighted by atomic mass is 9.88. The highest BCUT2D eigenvalue weighted by Crippen LogP contribution is 2.40. The zero-order chi connectivity index (χ0) is 10.8. The molecule has 0 amide bonds. The fourth-order valence-electron chi connectivity index (χ4n) is 2.09. The third-order valence-corrected chi connectivity index (χ3v) is 5.56. The highest BCUT2D eigenvalue weighted by atomic mass is 32.2. The lowest BCUT2D eigenvalue weighted by Crippen LogP contribution is -2.33. The lowest BCUT2D eigenvalue weighted by Gasteiger charge is -2.24. The van der Waals surface area contributed by atoms with Crippen LogP contribution in [0.3, 0.4) is 0 Å². The molecule has 1 aliphatic rings. The van der Waals surface area contributed by atoms with Crippen molar-refractivity contribution in [3.8, 4) is 0 Å². The Kier molecular flexibility index (Phi) is 3.55. The Hall–Kier alpha value is -0.130. The molecular weight excluding hydrogens is 202 g/mol. The van der Waals surface area contributed by atoms with E-state index in [-0.39, 0.29) is 23.0 Å². The zero-order valence-electron chi connectivity index (χ0n) is 8.57. The van der Waals surface area contributed by atoms with Crippen molar-refractivity contribution in [3.05, 3.63) is 0 Å². The van der Waals surface area contributed by atoms with Gasteiger partial charge in [-0.2, -0.15) is 0 Å². The van der Waals surface area contributed by atoms with E-state index in [1.54, 1.807) is 6.92 Å². The number of nitrogens with two attached hydrogens (primary N) is 1. The first-order chi connectivity index (χ1) is 6.49. The minimum Gasteiger partial charge on any atom is -0.396 e. The van der Waals surface area contributed by atoms with Crippen LogP contribution in [0.2, 0.25) is 0 Å². The molecule has 4 nitrogen and oxygen atoms in total. The fourth-order valence-corrected chi connectivity index (χ4v) is 3.65. The van der Waals surface area contributed by atoms with E-state index in [0.717, 1.165) is 6.42 Å². The number of aliphatic hydroxyl groups is 1. The monoisotopic (exact) mass is 221 g/mol. The Morgan fingerprint density at radius 2 is 2.21 bits per heavy atom. The summed E-state index contributed by atoms with van der Waals surface area (Å²) in [6, 6.07) is 0. The summed E-state index contributed by atoms with van der Waals surface area (Å²) in [5, 5.41) is 8.91. The molecule has 0 radical (unpaired) electrons. The molecular formula is C9H19NO3S. The third kappa shape index (κ3) is 2.10. The SMILES string of the molecule is CCS(=O)(=O)[C@H]1CC[C@@](CN)(CO)C1. The summed E-state index contributed by atoms with van der Waals surface area (Å²) in [7, 11) is -2.96. The molecule has 3 N–H and O–H groups in total. The first kappa shape index (κ1) is 11.9. The van der Waals surface area contributed by atoms with Gasteiger partial charge in [0.15, 0.2) is 9.84 Å². The van der Waals surface area contributed by atoms with Gasteiger partial charge in [-0.25, -0.2) is 8.42 Å². The molecule has 0 spiro atoms. The van der Waals surface area contributed by atoms with Gasteiger partial charge in [-0.15, -0.1) is 0 Å². The quantitative estimate of drug-likeness (QED) is 0.695. The molecule has 0 aromatic heterocycles. The standard InChI is InChI=1S/C9H19NO3S/c1-2-14(12,13)8-3-4-9(5-8,6-10)7-11/h8,11H,2-7,10H2,1H3/t8-,9+/m0/s1. The molecule has 0 heterocycles. The van der Waals surface area contributed by atoms with E-state index in [9.17, 15) is 13.5 Å². The summed E-state index contributed by atoms with van der Waals surface area (Å²) in [6.07, 6.45) is 1.90. The summed E-state index contributed by atoms with van der Waals surface area (Å²) in [5.41, 5.74) is 5.23. The van der Waals surface area contributed by atoms with Gasteiger partial charge in [0.05, 0.1) is 5.25 Å². The van der Waals surface area contributed by atoms with Crippen molar-refractivity contribution in [1.82, 2.24) is 0 Å². The second-order valence-electron chi connectivity index (χ2n) is 4.18. The van der Waals surface area contributed by atoms with Crippen LogP contribution in [0.15, 0.2) is 0 Å². The van der Waals surface area contributed by atoms with Gasteiger partial charge in [0, 0.05) is 24.3 Å². The molecule has 0 bridgehead atoms. The molecule has 1 rings (SSSR count). The average molecular weight is 221 g/mol. The topological polar surface area (TPSA) is 80.4 Å². The normalized spacial score (nSPS) is 33.5. The van der Waals surface area contributed by atoms with Crippen LogP contribution in [0, 0.1) is 5.41 Å². The molecule has 2 atom stereocenters. The molecule has 0 aromatic rings. The minimum atomic E-state index is -2.96. The highest BCUT2D eigenvalue weighted by Gasteiger charge is 2.42. The summed E-state index contributed by atoms with van der Waals surface area (Å²) < 4.78 is 23.2. The van der Waals surface area contributed by atoms with Gasteiger partial charge in [0.1, 0.15) is 0 Å². The molecule has 0 aromatic carbocycles. The Labute approximate surface area is 85.4 Å². The van der Waals surface area contributed by atoms with Gasteiger partial charge in [-0.1, -0.05) is 6.92 Å². The van der Waals surface area contributed by atoms with Gasteiger partial charge in [0.25, 0.3) is 0 Å². The molecule has 0 aliphatic heterocycles. The smallest absolute Gasteiger partial charge is 0.152 e. The van der Waals surface area contributed by atoms with Crippen molar-refractivity contribution in [3.63, 3.8) is 0 Å². The Morgan fingerprint density at radius 1 is 1.57 bits per heavy atom. The van der Waals surface area contributed by atoms with Crippen molar-refractivity contribution < 1.29 is 13.5 Å². The number of hydrogen-bond donors (Lipinski definition) is 2. The number of sulfone groups is 1. The van der Waals surface area contributed by atoms with Gasteiger partial charge in [-0.3, -0.25) is 0 Å². The van der Waals surface area contributed by atoms with Crippen LogP contribution >= 0.6 is 0 Å². The van der Waals surface area contributed by atoms with E-state index in [2.05, 4.69) is 0 Å². The second kappa shape index (κ2) is 4.16. The van der Waals surface area contributed by atoms with Gasteiger partial charge in [0.2, 0.25) is 0 Å². The maximum absolute atomic E-state index is 11.6. The molecule has 1 fully saturated rings.